The van der Waals surface area contributed by atoms with Crippen LogP contribution in [-0.2, 0) is 6.42 Å². The van der Waals surface area contributed by atoms with Crippen molar-refractivity contribution >= 4 is 11.0 Å². The van der Waals surface area contributed by atoms with Crippen LogP contribution in [0, 0.1) is 13.8 Å². The largest absolute Gasteiger partial charge is 0.461 e. The van der Waals surface area contributed by atoms with Crippen LogP contribution in [-0.4, -0.2) is 0 Å². The van der Waals surface area contributed by atoms with E-state index in [1.165, 1.54) is 0 Å². The number of benzene rings is 1. The van der Waals surface area contributed by atoms with Gasteiger partial charge in [0.2, 0.25) is 0 Å². The highest BCUT2D eigenvalue weighted by Crippen LogP contribution is 2.19. The molecule has 2 heteroatoms. The molecule has 1 aromatic carbocycles. The zero-order valence-electron chi connectivity index (χ0n) is 10.7. The SMILES string of the molecule is CCCCc1cc(=O)c2cc(C)cc(C)c2o1. The maximum atomic E-state index is 12.0. The van der Waals surface area contributed by atoms with Crippen molar-refractivity contribution in [2.24, 2.45) is 0 Å². The molecule has 0 radical (unpaired) electrons. The van der Waals surface area contributed by atoms with E-state index >= 15 is 0 Å². The Labute approximate surface area is 101 Å². The third-order valence-electron chi connectivity index (χ3n) is 2.99. The van der Waals surface area contributed by atoms with E-state index in [4.69, 9.17) is 4.42 Å². The van der Waals surface area contributed by atoms with Crippen LogP contribution >= 0.6 is 0 Å². The predicted molar refractivity (Wildman–Crippen MR) is 70.6 cm³/mol. The van der Waals surface area contributed by atoms with Gasteiger partial charge in [0.05, 0.1) is 5.39 Å². The number of hydrogen-bond donors (Lipinski definition) is 0. The first-order chi connectivity index (χ1) is 8.11. The fourth-order valence-corrected chi connectivity index (χ4v) is 2.13. The first-order valence-electron chi connectivity index (χ1n) is 6.16. The van der Waals surface area contributed by atoms with E-state index in [2.05, 4.69) is 13.0 Å². The smallest absolute Gasteiger partial charge is 0.192 e. The Morgan fingerprint density at radius 1 is 1.18 bits per heavy atom. The van der Waals surface area contributed by atoms with E-state index in [9.17, 15) is 4.79 Å². The molecule has 2 rings (SSSR count). The molecule has 0 spiro atoms. The van der Waals surface area contributed by atoms with Crippen LogP contribution in [0.1, 0.15) is 36.7 Å². The van der Waals surface area contributed by atoms with Gasteiger partial charge in [-0.2, -0.15) is 0 Å². The summed E-state index contributed by atoms with van der Waals surface area (Å²) in [5.74, 6) is 0.802. The van der Waals surface area contributed by atoms with E-state index in [0.29, 0.717) is 5.39 Å². The van der Waals surface area contributed by atoms with Crippen molar-refractivity contribution in [3.8, 4) is 0 Å². The lowest BCUT2D eigenvalue weighted by atomic mass is 10.1. The molecule has 90 valence electrons. The highest BCUT2D eigenvalue weighted by atomic mass is 16.3. The number of rotatable bonds is 3. The summed E-state index contributed by atoms with van der Waals surface area (Å²) in [5, 5.41) is 0.697. The van der Waals surface area contributed by atoms with E-state index in [1.54, 1.807) is 6.07 Å². The second-order valence-electron chi connectivity index (χ2n) is 4.64. The Hall–Kier alpha value is -1.57. The van der Waals surface area contributed by atoms with Gasteiger partial charge >= 0.3 is 0 Å². The summed E-state index contributed by atoms with van der Waals surface area (Å²) in [7, 11) is 0. The Kier molecular flexibility index (Phi) is 3.32. The second-order valence-corrected chi connectivity index (χ2v) is 4.64. The monoisotopic (exact) mass is 230 g/mol. The third-order valence-corrected chi connectivity index (χ3v) is 2.99. The predicted octanol–water partition coefficient (Wildman–Crippen LogP) is 3.75. The van der Waals surface area contributed by atoms with Crippen molar-refractivity contribution in [1.29, 1.82) is 0 Å². The summed E-state index contributed by atoms with van der Waals surface area (Å²) in [6.07, 6.45) is 3.00. The molecule has 1 aromatic heterocycles. The van der Waals surface area contributed by atoms with Gasteiger partial charge in [-0.05, 0) is 37.5 Å². The van der Waals surface area contributed by atoms with Gasteiger partial charge in [0.1, 0.15) is 11.3 Å². The molecule has 0 amide bonds. The Bertz CT molecular complexity index is 594. The van der Waals surface area contributed by atoms with Gasteiger partial charge in [0.15, 0.2) is 5.43 Å². The summed E-state index contributed by atoms with van der Waals surface area (Å²) in [6, 6.07) is 5.59. The molecule has 1 heterocycles. The molecule has 0 saturated carbocycles. The van der Waals surface area contributed by atoms with Crippen LogP contribution < -0.4 is 5.43 Å². The maximum absolute atomic E-state index is 12.0. The van der Waals surface area contributed by atoms with Gasteiger partial charge < -0.3 is 4.42 Å². The number of fused-ring (bicyclic) bond motifs is 1. The fourth-order valence-electron chi connectivity index (χ4n) is 2.13. The topological polar surface area (TPSA) is 30.2 Å². The van der Waals surface area contributed by atoms with Crippen LogP contribution in [0.2, 0.25) is 0 Å². The lowest BCUT2D eigenvalue weighted by Gasteiger charge is -2.05. The molecule has 2 nitrogen and oxygen atoms in total. The number of unbranched alkanes of at least 4 members (excludes halogenated alkanes) is 1. The van der Waals surface area contributed by atoms with Crippen LogP contribution in [0.25, 0.3) is 11.0 Å². The molecule has 0 aliphatic carbocycles. The highest BCUT2D eigenvalue weighted by molar-refractivity contribution is 5.80. The quantitative estimate of drug-likeness (QED) is 0.803. The van der Waals surface area contributed by atoms with Gasteiger partial charge in [0, 0.05) is 12.5 Å². The van der Waals surface area contributed by atoms with E-state index in [-0.39, 0.29) is 5.43 Å². The van der Waals surface area contributed by atoms with Crippen LogP contribution in [0.3, 0.4) is 0 Å². The molecular weight excluding hydrogens is 212 g/mol. The minimum Gasteiger partial charge on any atom is -0.461 e. The Balaban J connectivity index is 2.61. The summed E-state index contributed by atoms with van der Waals surface area (Å²) in [5.41, 5.74) is 2.96. The standard InChI is InChI=1S/C15H18O2/c1-4-5-6-12-9-14(16)13-8-10(2)7-11(3)15(13)17-12/h7-9H,4-6H2,1-3H3. The first-order valence-corrected chi connectivity index (χ1v) is 6.16. The maximum Gasteiger partial charge on any atom is 0.192 e. The minimum absolute atomic E-state index is 0.0733. The number of aryl methyl sites for hydroxylation is 3. The summed E-state index contributed by atoms with van der Waals surface area (Å²) >= 11 is 0. The molecule has 0 saturated heterocycles. The lowest BCUT2D eigenvalue weighted by Crippen LogP contribution is -2.03. The molecule has 17 heavy (non-hydrogen) atoms. The average molecular weight is 230 g/mol. The van der Waals surface area contributed by atoms with Crippen molar-refractivity contribution in [2.75, 3.05) is 0 Å². The van der Waals surface area contributed by atoms with Crippen LogP contribution in [0.5, 0.6) is 0 Å². The lowest BCUT2D eigenvalue weighted by molar-refractivity contribution is 0.522. The van der Waals surface area contributed by atoms with Gasteiger partial charge in [-0.3, -0.25) is 4.79 Å². The van der Waals surface area contributed by atoms with Crippen molar-refractivity contribution in [3.05, 3.63) is 45.3 Å². The zero-order chi connectivity index (χ0) is 12.4. The highest BCUT2D eigenvalue weighted by Gasteiger charge is 2.07. The molecule has 0 aliphatic heterocycles. The normalized spacial score (nSPS) is 11.0. The average Bonchev–Trinajstić information content (AvgIpc) is 2.28. The number of hydrogen-bond acceptors (Lipinski definition) is 2. The van der Waals surface area contributed by atoms with E-state index in [1.807, 2.05) is 19.9 Å². The zero-order valence-corrected chi connectivity index (χ0v) is 10.7. The fraction of sp³-hybridized carbons (Fsp3) is 0.400. The van der Waals surface area contributed by atoms with Gasteiger partial charge in [-0.1, -0.05) is 19.4 Å². The van der Waals surface area contributed by atoms with Crippen LogP contribution in [0.15, 0.2) is 27.4 Å². The minimum atomic E-state index is 0.0733. The van der Waals surface area contributed by atoms with Crippen LogP contribution in [0.4, 0.5) is 0 Å². The molecular formula is C15H18O2. The van der Waals surface area contributed by atoms with E-state index < -0.39 is 0 Å². The molecule has 0 bridgehead atoms. The van der Waals surface area contributed by atoms with E-state index in [0.717, 1.165) is 41.7 Å². The molecule has 0 unspecified atom stereocenters. The molecule has 0 aliphatic rings. The van der Waals surface area contributed by atoms with Crippen molar-refractivity contribution in [2.45, 2.75) is 40.0 Å². The summed E-state index contributed by atoms with van der Waals surface area (Å²) in [4.78, 5) is 12.0. The second kappa shape index (κ2) is 4.74. The third kappa shape index (κ3) is 2.41. The van der Waals surface area contributed by atoms with Crippen molar-refractivity contribution in [1.82, 2.24) is 0 Å². The Morgan fingerprint density at radius 3 is 2.65 bits per heavy atom. The Morgan fingerprint density at radius 2 is 1.94 bits per heavy atom. The summed E-state index contributed by atoms with van der Waals surface area (Å²) in [6.45, 7) is 6.12. The molecule has 2 aromatic rings. The van der Waals surface area contributed by atoms with Gasteiger partial charge in [-0.15, -0.1) is 0 Å². The van der Waals surface area contributed by atoms with Gasteiger partial charge in [-0.25, -0.2) is 0 Å². The summed E-state index contributed by atoms with van der Waals surface area (Å²) < 4.78 is 5.83. The van der Waals surface area contributed by atoms with Gasteiger partial charge in [0.25, 0.3) is 0 Å². The first kappa shape index (κ1) is 11.9. The molecule has 0 atom stereocenters. The molecule has 0 fully saturated rings. The van der Waals surface area contributed by atoms with Crippen molar-refractivity contribution in [3.63, 3.8) is 0 Å². The van der Waals surface area contributed by atoms with Crippen molar-refractivity contribution < 1.29 is 4.42 Å². The molecule has 0 N–H and O–H groups in total.